The lowest BCUT2D eigenvalue weighted by Crippen LogP contribution is -2.42. The van der Waals surface area contributed by atoms with Crippen molar-refractivity contribution in [3.63, 3.8) is 0 Å². The standard InChI is InChI=1S/C17H17NO6S/c1-4-22-16(20)10(3)18-15(19)14(25-17(18)21)7-11-6-13-12(5-9(11)2)23-8-24-13/h5-7,10H,4,8H2,1-3H3/b14-7+/t10-/m1/s1. The van der Waals surface area contributed by atoms with Crippen LogP contribution in [0.25, 0.3) is 6.08 Å². The number of aryl methyl sites for hydroxylation is 1. The first kappa shape index (κ1) is 17.3. The van der Waals surface area contributed by atoms with Gasteiger partial charge in [-0.15, -0.1) is 0 Å². The molecule has 0 aromatic heterocycles. The maximum Gasteiger partial charge on any atom is 0.329 e. The number of imide groups is 1. The summed E-state index contributed by atoms with van der Waals surface area (Å²) in [4.78, 5) is 37.8. The van der Waals surface area contributed by atoms with Crippen molar-refractivity contribution < 1.29 is 28.6 Å². The first-order valence-corrected chi connectivity index (χ1v) is 8.58. The summed E-state index contributed by atoms with van der Waals surface area (Å²) in [5, 5.41) is -0.491. The molecule has 1 atom stereocenters. The monoisotopic (exact) mass is 363 g/mol. The molecule has 0 saturated carbocycles. The number of benzene rings is 1. The minimum atomic E-state index is -0.962. The van der Waals surface area contributed by atoms with E-state index in [4.69, 9.17) is 14.2 Å². The fourth-order valence-corrected chi connectivity index (χ4v) is 3.44. The summed E-state index contributed by atoms with van der Waals surface area (Å²) in [6, 6.07) is 2.62. The van der Waals surface area contributed by atoms with E-state index in [9.17, 15) is 14.4 Å². The second-order valence-electron chi connectivity index (χ2n) is 5.54. The molecule has 1 aromatic carbocycles. The van der Waals surface area contributed by atoms with E-state index < -0.39 is 23.2 Å². The van der Waals surface area contributed by atoms with E-state index in [1.807, 2.05) is 13.0 Å². The van der Waals surface area contributed by atoms with Gasteiger partial charge < -0.3 is 14.2 Å². The van der Waals surface area contributed by atoms with Crippen molar-refractivity contribution in [1.29, 1.82) is 0 Å². The van der Waals surface area contributed by atoms with Gasteiger partial charge in [0.05, 0.1) is 11.5 Å². The topological polar surface area (TPSA) is 82.1 Å². The number of carbonyl (C=O) groups excluding carboxylic acids is 3. The molecule has 0 unspecified atom stereocenters. The van der Waals surface area contributed by atoms with Crippen LogP contribution in [0, 0.1) is 6.92 Å². The number of amides is 2. The highest BCUT2D eigenvalue weighted by molar-refractivity contribution is 8.18. The predicted molar refractivity (Wildman–Crippen MR) is 91.2 cm³/mol. The molecule has 0 N–H and O–H groups in total. The Morgan fingerprint density at radius 1 is 1.36 bits per heavy atom. The van der Waals surface area contributed by atoms with Crippen LogP contribution < -0.4 is 9.47 Å². The molecule has 0 aliphatic carbocycles. The van der Waals surface area contributed by atoms with Gasteiger partial charge in [0.25, 0.3) is 11.1 Å². The SMILES string of the molecule is CCOC(=O)[C@@H](C)N1C(=O)S/C(=C/c2cc3c(cc2C)OCO3)C1=O. The first-order chi connectivity index (χ1) is 11.9. The van der Waals surface area contributed by atoms with Gasteiger partial charge >= 0.3 is 5.97 Å². The van der Waals surface area contributed by atoms with Crippen LogP contribution in [-0.4, -0.2) is 41.5 Å². The third-order valence-electron chi connectivity index (χ3n) is 3.89. The highest BCUT2D eigenvalue weighted by atomic mass is 32.2. The Labute approximate surface area is 148 Å². The molecular weight excluding hydrogens is 346 g/mol. The Balaban J connectivity index is 1.87. The fraction of sp³-hybridized carbons (Fsp3) is 0.353. The minimum Gasteiger partial charge on any atom is -0.464 e. The number of nitrogens with zero attached hydrogens (tertiary/aromatic N) is 1. The minimum absolute atomic E-state index is 0.159. The lowest BCUT2D eigenvalue weighted by Gasteiger charge is -2.19. The highest BCUT2D eigenvalue weighted by Gasteiger charge is 2.41. The lowest BCUT2D eigenvalue weighted by atomic mass is 10.1. The van der Waals surface area contributed by atoms with Gasteiger partial charge in [-0.1, -0.05) is 0 Å². The third-order valence-corrected chi connectivity index (χ3v) is 4.77. The van der Waals surface area contributed by atoms with E-state index in [1.165, 1.54) is 6.92 Å². The zero-order valence-corrected chi connectivity index (χ0v) is 14.8. The van der Waals surface area contributed by atoms with Crippen molar-refractivity contribution in [3.8, 4) is 11.5 Å². The van der Waals surface area contributed by atoms with Gasteiger partial charge in [0.2, 0.25) is 6.79 Å². The van der Waals surface area contributed by atoms with Gasteiger partial charge in [-0.2, -0.15) is 0 Å². The summed E-state index contributed by atoms with van der Waals surface area (Å²) < 4.78 is 15.5. The quantitative estimate of drug-likeness (QED) is 0.601. The van der Waals surface area contributed by atoms with Crippen LogP contribution in [0.4, 0.5) is 4.79 Å². The molecule has 25 heavy (non-hydrogen) atoms. The number of rotatable bonds is 4. The molecule has 8 heteroatoms. The Morgan fingerprint density at radius 2 is 2.04 bits per heavy atom. The summed E-state index contributed by atoms with van der Waals surface area (Å²) in [6.07, 6.45) is 1.63. The van der Waals surface area contributed by atoms with E-state index in [0.717, 1.165) is 27.8 Å². The number of carbonyl (C=O) groups is 3. The Bertz CT molecular complexity index is 788. The normalized spacial score (nSPS) is 18.8. The molecule has 0 bridgehead atoms. The van der Waals surface area contributed by atoms with Gasteiger partial charge in [0.15, 0.2) is 11.5 Å². The number of esters is 1. The molecule has 1 aromatic rings. The van der Waals surface area contributed by atoms with E-state index >= 15 is 0 Å². The average molecular weight is 363 g/mol. The maximum absolute atomic E-state index is 12.6. The van der Waals surface area contributed by atoms with Gasteiger partial charge in [-0.3, -0.25) is 14.5 Å². The van der Waals surface area contributed by atoms with Crippen LogP contribution >= 0.6 is 11.8 Å². The molecule has 1 fully saturated rings. The van der Waals surface area contributed by atoms with Gasteiger partial charge in [0, 0.05) is 0 Å². The van der Waals surface area contributed by atoms with Gasteiger partial charge in [0.1, 0.15) is 6.04 Å². The second-order valence-corrected chi connectivity index (χ2v) is 6.53. The summed E-state index contributed by atoms with van der Waals surface area (Å²) in [5.41, 5.74) is 1.63. The lowest BCUT2D eigenvalue weighted by molar-refractivity contribution is -0.150. The first-order valence-electron chi connectivity index (χ1n) is 7.76. The molecule has 132 valence electrons. The van der Waals surface area contributed by atoms with Crippen LogP contribution in [0.5, 0.6) is 11.5 Å². The van der Waals surface area contributed by atoms with Crippen molar-refractivity contribution in [2.45, 2.75) is 26.8 Å². The van der Waals surface area contributed by atoms with Crippen molar-refractivity contribution >= 4 is 35.0 Å². The van der Waals surface area contributed by atoms with Crippen molar-refractivity contribution in [1.82, 2.24) is 4.90 Å². The summed E-state index contributed by atoms with van der Waals surface area (Å²) >= 11 is 0.801. The maximum atomic E-state index is 12.6. The highest BCUT2D eigenvalue weighted by Crippen LogP contribution is 2.38. The smallest absolute Gasteiger partial charge is 0.329 e. The molecule has 0 radical (unpaired) electrons. The molecule has 0 spiro atoms. The van der Waals surface area contributed by atoms with Crippen LogP contribution in [0.15, 0.2) is 17.0 Å². The van der Waals surface area contributed by atoms with Gasteiger partial charge in [-0.25, -0.2) is 4.79 Å². The molecule has 2 aliphatic rings. The number of hydrogen-bond donors (Lipinski definition) is 0. The Morgan fingerprint density at radius 3 is 2.72 bits per heavy atom. The molecule has 1 saturated heterocycles. The van der Waals surface area contributed by atoms with E-state index in [0.29, 0.717) is 11.5 Å². The van der Waals surface area contributed by atoms with Crippen LogP contribution in [-0.2, 0) is 14.3 Å². The number of thioether (sulfide) groups is 1. The Hall–Kier alpha value is -2.48. The third kappa shape index (κ3) is 3.21. The van der Waals surface area contributed by atoms with Crippen molar-refractivity contribution in [2.24, 2.45) is 0 Å². The molecule has 7 nitrogen and oxygen atoms in total. The molecule has 2 amide bonds. The number of fused-ring (bicyclic) bond motifs is 1. The van der Waals surface area contributed by atoms with E-state index in [1.54, 1.807) is 19.1 Å². The zero-order chi connectivity index (χ0) is 18.1. The fourth-order valence-electron chi connectivity index (χ4n) is 2.54. The largest absolute Gasteiger partial charge is 0.464 e. The van der Waals surface area contributed by atoms with Crippen molar-refractivity contribution in [2.75, 3.05) is 13.4 Å². The summed E-state index contributed by atoms with van der Waals surface area (Å²) in [7, 11) is 0. The second kappa shape index (κ2) is 6.79. The summed E-state index contributed by atoms with van der Waals surface area (Å²) in [6.45, 7) is 5.36. The predicted octanol–water partition coefficient (Wildman–Crippen LogP) is 2.71. The summed E-state index contributed by atoms with van der Waals surface area (Å²) in [5.74, 6) is 0.132. The average Bonchev–Trinajstić information content (AvgIpc) is 3.11. The zero-order valence-electron chi connectivity index (χ0n) is 14.0. The number of ether oxygens (including phenoxy) is 3. The number of hydrogen-bond acceptors (Lipinski definition) is 7. The molecule has 3 rings (SSSR count). The molecular formula is C17H17NO6S. The Kier molecular flexibility index (Phi) is 4.71. The van der Waals surface area contributed by atoms with Crippen LogP contribution in [0.2, 0.25) is 0 Å². The van der Waals surface area contributed by atoms with E-state index in [2.05, 4.69) is 0 Å². The van der Waals surface area contributed by atoms with Gasteiger partial charge in [-0.05, 0) is 61.9 Å². The van der Waals surface area contributed by atoms with E-state index in [-0.39, 0.29) is 18.3 Å². The molecule has 2 aliphatic heterocycles. The van der Waals surface area contributed by atoms with Crippen molar-refractivity contribution in [3.05, 3.63) is 28.2 Å². The van der Waals surface area contributed by atoms with Crippen LogP contribution in [0.3, 0.4) is 0 Å². The van der Waals surface area contributed by atoms with Crippen LogP contribution in [0.1, 0.15) is 25.0 Å². The molecule has 2 heterocycles.